The number of piperidine rings is 1. The van der Waals surface area contributed by atoms with Crippen molar-refractivity contribution in [3.8, 4) is 0 Å². The minimum Gasteiger partial charge on any atom is -0.317 e. The Labute approximate surface area is 99.0 Å². The number of hydrogen-bond acceptors (Lipinski definition) is 3. The molecule has 0 saturated carbocycles. The van der Waals surface area contributed by atoms with Crippen LogP contribution in [0.1, 0.15) is 18.4 Å². The summed E-state index contributed by atoms with van der Waals surface area (Å²) in [6, 6.07) is 3.92. The van der Waals surface area contributed by atoms with Crippen molar-refractivity contribution in [2.45, 2.75) is 19.3 Å². The molecule has 17 heavy (non-hydrogen) atoms. The summed E-state index contributed by atoms with van der Waals surface area (Å²) in [6.07, 6.45) is 2.75. The Bertz CT molecular complexity index is 417. The van der Waals surface area contributed by atoms with Crippen LogP contribution in [0.2, 0.25) is 0 Å². The van der Waals surface area contributed by atoms with E-state index in [4.69, 9.17) is 0 Å². The van der Waals surface area contributed by atoms with Crippen LogP contribution in [0.25, 0.3) is 0 Å². The van der Waals surface area contributed by atoms with Crippen LogP contribution < -0.4 is 5.32 Å². The van der Waals surface area contributed by atoms with Crippen molar-refractivity contribution < 1.29 is 9.31 Å². The molecule has 1 aliphatic heterocycles. The van der Waals surface area contributed by atoms with Gasteiger partial charge in [0.05, 0.1) is 11.0 Å². The number of nitrogens with one attached hydrogen (secondary N) is 1. The minimum atomic E-state index is -0.572. The molecule has 1 heterocycles. The zero-order valence-corrected chi connectivity index (χ0v) is 9.49. The fourth-order valence-electron chi connectivity index (χ4n) is 2.21. The zero-order valence-electron chi connectivity index (χ0n) is 9.49. The van der Waals surface area contributed by atoms with Crippen LogP contribution >= 0.6 is 0 Å². The van der Waals surface area contributed by atoms with Gasteiger partial charge in [-0.15, -0.1) is 0 Å². The van der Waals surface area contributed by atoms with Gasteiger partial charge in [-0.1, -0.05) is 0 Å². The highest BCUT2D eigenvalue weighted by atomic mass is 19.1. The number of non-ortho nitro benzene ring substituents is 1. The van der Waals surface area contributed by atoms with Crippen LogP contribution in [0.5, 0.6) is 0 Å². The number of nitro benzene ring substituents is 1. The van der Waals surface area contributed by atoms with Gasteiger partial charge >= 0.3 is 0 Å². The molecule has 4 nitrogen and oxygen atoms in total. The molecule has 0 aromatic heterocycles. The highest BCUT2D eigenvalue weighted by Gasteiger charge is 2.17. The minimum absolute atomic E-state index is 0.184. The summed E-state index contributed by atoms with van der Waals surface area (Å²) in [5.41, 5.74) is 0.402. The predicted molar refractivity (Wildman–Crippen MR) is 62.4 cm³/mol. The van der Waals surface area contributed by atoms with Crippen molar-refractivity contribution in [3.63, 3.8) is 0 Å². The molecule has 0 aliphatic carbocycles. The molecule has 0 unspecified atom stereocenters. The molecule has 0 amide bonds. The topological polar surface area (TPSA) is 55.2 Å². The summed E-state index contributed by atoms with van der Waals surface area (Å²) < 4.78 is 13.6. The quantitative estimate of drug-likeness (QED) is 0.649. The lowest BCUT2D eigenvalue weighted by molar-refractivity contribution is -0.385. The van der Waals surface area contributed by atoms with Crippen LogP contribution in [0.4, 0.5) is 10.1 Å². The molecule has 1 aromatic carbocycles. The summed E-state index contributed by atoms with van der Waals surface area (Å²) in [6.45, 7) is 1.94. The van der Waals surface area contributed by atoms with Crippen molar-refractivity contribution in [1.29, 1.82) is 0 Å². The third-order valence-corrected chi connectivity index (χ3v) is 3.21. The smallest absolute Gasteiger partial charge is 0.272 e. The molecular formula is C12H15FN2O2. The summed E-state index contributed by atoms with van der Waals surface area (Å²) >= 11 is 0. The fourth-order valence-corrected chi connectivity index (χ4v) is 2.21. The molecule has 0 bridgehead atoms. The van der Waals surface area contributed by atoms with Crippen molar-refractivity contribution in [2.75, 3.05) is 13.1 Å². The van der Waals surface area contributed by atoms with Gasteiger partial charge in [0.1, 0.15) is 5.82 Å². The van der Waals surface area contributed by atoms with E-state index in [9.17, 15) is 14.5 Å². The highest BCUT2D eigenvalue weighted by Crippen LogP contribution is 2.22. The van der Waals surface area contributed by atoms with Crippen LogP contribution in [-0.2, 0) is 6.42 Å². The third kappa shape index (κ3) is 3.00. The number of halogens is 1. The van der Waals surface area contributed by atoms with E-state index in [2.05, 4.69) is 5.32 Å². The molecule has 92 valence electrons. The largest absolute Gasteiger partial charge is 0.317 e. The van der Waals surface area contributed by atoms with Gasteiger partial charge in [-0.25, -0.2) is 4.39 Å². The average Bonchev–Trinajstić information content (AvgIpc) is 2.33. The number of rotatable bonds is 3. The van der Waals surface area contributed by atoms with Crippen molar-refractivity contribution in [2.24, 2.45) is 5.92 Å². The van der Waals surface area contributed by atoms with Crippen molar-refractivity contribution >= 4 is 5.69 Å². The molecule has 0 atom stereocenters. The Morgan fingerprint density at radius 2 is 2.12 bits per heavy atom. The standard InChI is InChI=1S/C12H15FN2O2/c13-12-8-11(15(16)17)2-1-10(12)7-9-3-5-14-6-4-9/h1-2,8-9,14H,3-7H2. The Balaban J connectivity index is 2.08. The molecular weight excluding hydrogens is 223 g/mol. The second-order valence-corrected chi connectivity index (χ2v) is 4.43. The van der Waals surface area contributed by atoms with E-state index in [0.29, 0.717) is 17.9 Å². The van der Waals surface area contributed by atoms with E-state index in [1.165, 1.54) is 12.1 Å². The van der Waals surface area contributed by atoms with Crippen LogP contribution in [-0.4, -0.2) is 18.0 Å². The van der Waals surface area contributed by atoms with E-state index in [0.717, 1.165) is 32.0 Å². The van der Waals surface area contributed by atoms with E-state index in [1.54, 1.807) is 0 Å². The lowest BCUT2D eigenvalue weighted by atomic mass is 9.91. The number of nitro groups is 1. The van der Waals surface area contributed by atoms with E-state index in [-0.39, 0.29) is 5.69 Å². The van der Waals surface area contributed by atoms with E-state index >= 15 is 0 Å². The van der Waals surface area contributed by atoms with Crippen molar-refractivity contribution in [3.05, 3.63) is 39.7 Å². The van der Waals surface area contributed by atoms with Crippen LogP contribution in [0.15, 0.2) is 18.2 Å². The predicted octanol–water partition coefficient (Wildman–Crippen LogP) is 2.28. The van der Waals surface area contributed by atoms with Crippen LogP contribution in [0, 0.1) is 21.8 Å². The van der Waals surface area contributed by atoms with Gasteiger partial charge < -0.3 is 5.32 Å². The molecule has 0 radical (unpaired) electrons. The first-order valence-electron chi connectivity index (χ1n) is 5.80. The van der Waals surface area contributed by atoms with Gasteiger partial charge in [0.2, 0.25) is 0 Å². The monoisotopic (exact) mass is 238 g/mol. The number of hydrogen-bond donors (Lipinski definition) is 1. The maximum absolute atomic E-state index is 13.6. The molecule has 1 N–H and O–H groups in total. The summed E-state index contributed by atoms with van der Waals surface area (Å²) in [4.78, 5) is 9.91. The number of benzene rings is 1. The van der Waals surface area contributed by atoms with Gasteiger partial charge in [-0.3, -0.25) is 10.1 Å². The second-order valence-electron chi connectivity index (χ2n) is 4.43. The van der Waals surface area contributed by atoms with Gasteiger partial charge in [-0.2, -0.15) is 0 Å². The lowest BCUT2D eigenvalue weighted by Gasteiger charge is -2.22. The summed E-state index contributed by atoms with van der Waals surface area (Å²) in [5.74, 6) is 0.0185. The van der Waals surface area contributed by atoms with Gasteiger partial charge in [0.25, 0.3) is 5.69 Å². The SMILES string of the molecule is O=[N+]([O-])c1ccc(CC2CCNCC2)c(F)c1. The molecule has 1 aromatic rings. The molecule has 2 rings (SSSR count). The van der Waals surface area contributed by atoms with Crippen LogP contribution in [0.3, 0.4) is 0 Å². The normalized spacial score (nSPS) is 17.0. The maximum Gasteiger partial charge on any atom is 0.272 e. The number of nitrogens with zero attached hydrogens (tertiary/aromatic N) is 1. The lowest BCUT2D eigenvalue weighted by Crippen LogP contribution is -2.28. The Kier molecular flexibility index (Phi) is 3.68. The fraction of sp³-hybridized carbons (Fsp3) is 0.500. The molecule has 1 aliphatic rings. The third-order valence-electron chi connectivity index (χ3n) is 3.21. The average molecular weight is 238 g/mol. The zero-order chi connectivity index (χ0) is 12.3. The van der Waals surface area contributed by atoms with Gasteiger partial charge in [-0.05, 0) is 49.9 Å². The Morgan fingerprint density at radius 1 is 1.41 bits per heavy atom. The highest BCUT2D eigenvalue weighted by molar-refractivity contribution is 5.34. The first-order valence-corrected chi connectivity index (χ1v) is 5.80. The molecule has 5 heteroatoms. The first-order chi connectivity index (χ1) is 8.16. The van der Waals surface area contributed by atoms with E-state index in [1.807, 2.05) is 0 Å². The van der Waals surface area contributed by atoms with Gasteiger partial charge in [0.15, 0.2) is 0 Å². The maximum atomic E-state index is 13.6. The Morgan fingerprint density at radius 3 is 2.71 bits per heavy atom. The van der Waals surface area contributed by atoms with Crippen molar-refractivity contribution in [1.82, 2.24) is 5.32 Å². The Hall–Kier alpha value is -1.49. The molecule has 1 fully saturated rings. The second kappa shape index (κ2) is 5.23. The van der Waals surface area contributed by atoms with Gasteiger partial charge in [0, 0.05) is 6.07 Å². The first kappa shape index (κ1) is 12.0. The van der Waals surface area contributed by atoms with E-state index < -0.39 is 10.7 Å². The summed E-state index contributed by atoms with van der Waals surface area (Å²) in [7, 11) is 0. The molecule has 1 saturated heterocycles. The summed E-state index contributed by atoms with van der Waals surface area (Å²) in [5, 5.41) is 13.7. The molecule has 0 spiro atoms.